The lowest BCUT2D eigenvalue weighted by Gasteiger charge is -2.21. The highest BCUT2D eigenvalue weighted by molar-refractivity contribution is 7.99. The molecule has 1 fully saturated rings. The van der Waals surface area contributed by atoms with Crippen molar-refractivity contribution in [2.75, 3.05) is 25.1 Å². The Labute approximate surface area is 123 Å². The molecule has 2 rings (SSSR count). The highest BCUT2D eigenvalue weighted by Gasteiger charge is 2.16. The predicted molar refractivity (Wildman–Crippen MR) is 82.4 cm³/mol. The maximum atomic E-state index is 11.0. The molecule has 1 aliphatic rings. The SMILES string of the molecule is CCNc1cc(CSC2CCOCC2)ccc1[N+](=O)[O-]. The zero-order chi connectivity index (χ0) is 14.4. The lowest BCUT2D eigenvalue weighted by molar-refractivity contribution is -0.384. The van der Waals surface area contributed by atoms with Crippen molar-refractivity contribution >= 4 is 23.1 Å². The Morgan fingerprint density at radius 1 is 1.45 bits per heavy atom. The van der Waals surface area contributed by atoms with Crippen molar-refractivity contribution in [3.63, 3.8) is 0 Å². The summed E-state index contributed by atoms with van der Waals surface area (Å²) >= 11 is 1.91. The van der Waals surface area contributed by atoms with Crippen molar-refractivity contribution in [3.8, 4) is 0 Å². The number of nitro benzene ring substituents is 1. The first-order valence-electron chi connectivity index (χ1n) is 6.91. The van der Waals surface area contributed by atoms with Gasteiger partial charge in [-0.3, -0.25) is 10.1 Å². The Morgan fingerprint density at radius 3 is 2.85 bits per heavy atom. The molecule has 0 unspecified atom stereocenters. The van der Waals surface area contributed by atoms with Gasteiger partial charge in [-0.25, -0.2) is 0 Å². The van der Waals surface area contributed by atoms with Crippen molar-refractivity contribution in [3.05, 3.63) is 33.9 Å². The fraction of sp³-hybridized carbons (Fsp3) is 0.571. The van der Waals surface area contributed by atoms with Crippen LogP contribution in [0.2, 0.25) is 0 Å². The van der Waals surface area contributed by atoms with Crippen molar-refractivity contribution in [2.24, 2.45) is 0 Å². The molecule has 0 bridgehead atoms. The van der Waals surface area contributed by atoms with E-state index in [0.29, 0.717) is 17.5 Å². The number of ether oxygens (including phenoxy) is 1. The smallest absolute Gasteiger partial charge is 0.292 e. The third-order valence-electron chi connectivity index (χ3n) is 3.28. The molecule has 110 valence electrons. The van der Waals surface area contributed by atoms with Crippen LogP contribution in [0.25, 0.3) is 0 Å². The normalized spacial score (nSPS) is 16.1. The molecule has 0 amide bonds. The van der Waals surface area contributed by atoms with Crippen molar-refractivity contribution in [1.29, 1.82) is 0 Å². The molecule has 1 heterocycles. The number of benzene rings is 1. The lowest BCUT2D eigenvalue weighted by atomic mass is 10.2. The van der Waals surface area contributed by atoms with Crippen LogP contribution in [0.1, 0.15) is 25.3 Å². The first-order valence-corrected chi connectivity index (χ1v) is 7.96. The molecule has 0 saturated carbocycles. The van der Waals surface area contributed by atoms with Crippen LogP contribution >= 0.6 is 11.8 Å². The number of nitro groups is 1. The van der Waals surface area contributed by atoms with Gasteiger partial charge in [0.2, 0.25) is 0 Å². The Kier molecular flexibility index (Phi) is 5.67. The van der Waals surface area contributed by atoms with Crippen molar-refractivity contribution in [2.45, 2.75) is 30.8 Å². The molecule has 1 aromatic carbocycles. The van der Waals surface area contributed by atoms with E-state index in [4.69, 9.17) is 4.74 Å². The van der Waals surface area contributed by atoms with Gasteiger partial charge in [0.25, 0.3) is 5.69 Å². The number of anilines is 1. The van der Waals surface area contributed by atoms with Crippen LogP contribution in [0.3, 0.4) is 0 Å². The van der Waals surface area contributed by atoms with Gasteiger partial charge in [0.05, 0.1) is 4.92 Å². The minimum Gasteiger partial charge on any atom is -0.381 e. The lowest BCUT2D eigenvalue weighted by Crippen LogP contribution is -2.17. The summed E-state index contributed by atoms with van der Waals surface area (Å²) in [4.78, 5) is 10.6. The van der Waals surface area contributed by atoms with Gasteiger partial charge >= 0.3 is 0 Å². The van der Waals surface area contributed by atoms with Gasteiger partial charge < -0.3 is 10.1 Å². The predicted octanol–water partition coefficient (Wildman–Crippen LogP) is 3.44. The highest BCUT2D eigenvalue weighted by Crippen LogP contribution is 2.30. The zero-order valence-corrected chi connectivity index (χ0v) is 12.4. The number of hydrogen-bond donors (Lipinski definition) is 1. The standard InChI is InChI=1S/C14H20N2O3S/c1-2-15-13-9-11(3-4-14(13)16(17)18)10-20-12-5-7-19-8-6-12/h3-4,9,12,15H,2,5-8,10H2,1H3. The Bertz CT molecular complexity index is 462. The maximum Gasteiger partial charge on any atom is 0.292 e. The molecule has 1 N–H and O–H groups in total. The van der Waals surface area contributed by atoms with E-state index in [9.17, 15) is 10.1 Å². The van der Waals surface area contributed by atoms with E-state index in [0.717, 1.165) is 37.4 Å². The fourth-order valence-electron chi connectivity index (χ4n) is 2.22. The van der Waals surface area contributed by atoms with Gasteiger partial charge in [-0.15, -0.1) is 0 Å². The number of nitrogens with one attached hydrogen (secondary N) is 1. The summed E-state index contributed by atoms with van der Waals surface area (Å²) in [6.45, 7) is 4.31. The molecule has 0 aliphatic carbocycles. The molecular weight excluding hydrogens is 276 g/mol. The van der Waals surface area contributed by atoms with Gasteiger partial charge in [-0.05, 0) is 31.4 Å². The summed E-state index contributed by atoms with van der Waals surface area (Å²) < 4.78 is 5.35. The number of hydrogen-bond acceptors (Lipinski definition) is 5. The summed E-state index contributed by atoms with van der Waals surface area (Å²) in [6, 6.07) is 5.34. The van der Waals surface area contributed by atoms with Crippen molar-refractivity contribution < 1.29 is 9.66 Å². The Hall–Kier alpha value is -1.27. The molecule has 0 spiro atoms. The molecule has 20 heavy (non-hydrogen) atoms. The topological polar surface area (TPSA) is 64.4 Å². The molecular formula is C14H20N2O3S. The van der Waals surface area contributed by atoms with Gasteiger partial charge in [-0.1, -0.05) is 6.07 Å². The summed E-state index contributed by atoms with van der Waals surface area (Å²) in [5.74, 6) is 0.890. The van der Waals surface area contributed by atoms with Gasteiger partial charge in [0.15, 0.2) is 0 Å². The number of nitrogens with zero attached hydrogens (tertiary/aromatic N) is 1. The average Bonchev–Trinajstić information content (AvgIpc) is 2.46. The average molecular weight is 296 g/mol. The second-order valence-electron chi connectivity index (χ2n) is 4.76. The highest BCUT2D eigenvalue weighted by atomic mass is 32.2. The van der Waals surface area contributed by atoms with Crippen LogP contribution in [0, 0.1) is 10.1 Å². The van der Waals surface area contributed by atoms with E-state index in [1.54, 1.807) is 6.07 Å². The third kappa shape index (κ3) is 4.11. The van der Waals surface area contributed by atoms with Crippen LogP contribution in [0.15, 0.2) is 18.2 Å². The molecule has 0 aromatic heterocycles. The van der Waals surface area contributed by atoms with Crippen LogP contribution in [-0.4, -0.2) is 29.9 Å². The summed E-state index contributed by atoms with van der Waals surface area (Å²) in [5.41, 5.74) is 1.89. The monoisotopic (exact) mass is 296 g/mol. The molecule has 5 nitrogen and oxygen atoms in total. The summed E-state index contributed by atoms with van der Waals surface area (Å²) in [6.07, 6.45) is 2.19. The first-order chi connectivity index (χ1) is 9.70. The minimum atomic E-state index is -0.340. The van der Waals surface area contributed by atoms with Crippen LogP contribution < -0.4 is 5.32 Å². The third-order valence-corrected chi connectivity index (χ3v) is 4.72. The van der Waals surface area contributed by atoms with E-state index >= 15 is 0 Å². The van der Waals surface area contributed by atoms with Gasteiger partial charge in [0, 0.05) is 36.8 Å². The molecule has 1 aliphatic heterocycles. The van der Waals surface area contributed by atoms with Gasteiger partial charge in [0.1, 0.15) is 5.69 Å². The van der Waals surface area contributed by atoms with E-state index in [-0.39, 0.29) is 10.6 Å². The Morgan fingerprint density at radius 2 is 2.20 bits per heavy atom. The van der Waals surface area contributed by atoms with Crippen LogP contribution in [0.4, 0.5) is 11.4 Å². The first kappa shape index (κ1) is 15.1. The van der Waals surface area contributed by atoms with E-state index < -0.39 is 0 Å². The van der Waals surface area contributed by atoms with Crippen LogP contribution in [0.5, 0.6) is 0 Å². The van der Waals surface area contributed by atoms with E-state index in [2.05, 4.69) is 5.32 Å². The summed E-state index contributed by atoms with van der Waals surface area (Å²) in [7, 11) is 0. The Balaban J connectivity index is 2.00. The molecule has 0 radical (unpaired) electrons. The summed E-state index contributed by atoms with van der Waals surface area (Å²) in [5, 5.41) is 14.7. The number of thioether (sulfide) groups is 1. The molecule has 6 heteroatoms. The maximum absolute atomic E-state index is 11.0. The number of rotatable bonds is 6. The molecule has 1 saturated heterocycles. The second kappa shape index (κ2) is 7.50. The van der Waals surface area contributed by atoms with E-state index in [1.807, 2.05) is 30.8 Å². The van der Waals surface area contributed by atoms with Crippen molar-refractivity contribution in [1.82, 2.24) is 0 Å². The fourth-order valence-corrected chi connectivity index (χ4v) is 3.35. The minimum absolute atomic E-state index is 0.145. The zero-order valence-electron chi connectivity index (χ0n) is 11.6. The second-order valence-corrected chi connectivity index (χ2v) is 6.05. The van der Waals surface area contributed by atoms with Gasteiger partial charge in [-0.2, -0.15) is 11.8 Å². The van der Waals surface area contributed by atoms with E-state index in [1.165, 1.54) is 0 Å². The largest absolute Gasteiger partial charge is 0.381 e. The quantitative estimate of drug-likeness (QED) is 0.643. The molecule has 1 aromatic rings. The molecule has 0 atom stereocenters. The van der Waals surface area contributed by atoms with Crippen LogP contribution in [-0.2, 0) is 10.5 Å².